The van der Waals surface area contributed by atoms with Gasteiger partial charge in [0, 0.05) is 7.05 Å². The van der Waals surface area contributed by atoms with Crippen molar-refractivity contribution in [3.8, 4) is 12.1 Å². The lowest BCUT2D eigenvalue weighted by molar-refractivity contribution is 0.0697. The summed E-state index contributed by atoms with van der Waals surface area (Å²) in [5.74, 6) is -1.04. The van der Waals surface area contributed by atoms with Crippen molar-refractivity contribution in [3.05, 3.63) is 30.1 Å². The van der Waals surface area contributed by atoms with Crippen molar-refractivity contribution in [3.63, 3.8) is 0 Å². The van der Waals surface area contributed by atoms with Gasteiger partial charge in [-0.3, -0.25) is 4.68 Å². The molecule has 1 aromatic carbocycles. The van der Waals surface area contributed by atoms with Crippen LogP contribution >= 0.6 is 0 Å². The molecule has 2 aromatic heterocycles. The molecule has 19 heavy (non-hydrogen) atoms. The molecule has 0 bridgehead atoms. The number of fused-ring (bicyclic) bond motifs is 1. The number of aryl methyl sites for hydroxylation is 1. The maximum absolute atomic E-state index is 10.8. The topological polar surface area (TPSA) is 103 Å². The highest BCUT2D eigenvalue weighted by Gasteiger charge is 2.12. The maximum atomic E-state index is 10.8. The van der Waals surface area contributed by atoms with Crippen LogP contribution in [-0.2, 0) is 7.05 Å². The fourth-order valence-electron chi connectivity index (χ4n) is 1.52. The van der Waals surface area contributed by atoms with Gasteiger partial charge in [-0.15, -0.1) is 5.10 Å². The van der Waals surface area contributed by atoms with Crippen molar-refractivity contribution in [2.24, 2.45) is 7.05 Å². The van der Waals surface area contributed by atoms with Crippen LogP contribution in [0.1, 0.15) is 10.4 Å². The highest BCUT2D eigenvalue weighted by molar-refractivity contribution is 5.91. The lowest BCUT2D eigenvalue weighted by Gasteiger charge is -1.91. The normalized spacial score (nSPS) is 10.8. The molecule has 0 saturated carbocycles. The summed E-state index contributed by atoms with van der Waals surface area (Å²) < 4.78 is 12.0. The fraction of sp³-hybridized carbons (Fsp3) is 0.0909. The molecule has 0 fully saturated rings. The van der Waals surface area contributed by atoms with Gasteiger partial charge in [0.05, 0.1) is 5.56 Å². The SMILES string of the molecule is Cn1cnc(Oc2nc3ccc(C(=O)O)cc3o2)n1. The third-order valence-electron chi connectivity index (χ3n) is 2.37. The molecule has 3 rings (SSSR count). The van der Waals surface area contributed by atoms with Crippen LogP contribution in [0, 0.1) is 0 Å². The van der Waals surface area contributed by atoms with Crippen molar-refractivity contribution >= 4 is 17.1 Å². The summed E-state index contributed by atoms with van der Waals surface area (Å²) in [6, 6.07) is 4.47. The first-order chi connectivity index (χ1) is 9.11. The predicted octanol–water partition coefficient (Wildman–Crippen LogP) is 1.45. The number of aromatic nitrogens is 4. The first-order valence-corrected chi connectivity index (χ1v) is 5.29. The minimum Gasteiger partial charge on any atom is -0.478 e. The molecule has 0 unspecified atom stereocenters. The number of oxazole rings is 1. The number of aromatic carboxylic acids is 1. The van der Waals surface area contributed by atoms with Gasteiger partial charge in [-0.2, -0.15) is 9.97 Å². The first kappa shape index (κ1) is 11.2. The van der Waals surface area contributed by atoms with Crippen LogP contribution in [0.5, 0.6) is 12.1 Å². The largest absolute Gasteiger partial charge is 0.478 e. The van der Waals surface area contributed by atoms with E-state index in [0.717, 1.165) is 0 Å². The Bertz CT molecular complexity index is 761. The smallest absolute Gasteiger partial charge is 0.402 e. The molecule has 0 radical (unpaired) electrons. The van der Waals surface area contributed by atoms with E-state index in [9.17, 15) is 4.79 Å². The molecule has 3 aromatic rings. The molecule has 1 N–H and O–H groups in total. The van der Waals surface area contributed by atoms with Crippen LogP contribution < -0.4 is 4.74 Å². The van der Waals surface area contributed by atoms with E-state index < -0.39 is 5.97 Å². The molecular weight excluding hydrogens is 252 g/mol. The van der Waals surface area contributed by atoms with Crippen LogP contribution in [0.3, 0.4) is 0 Å². The third kappa shape index (κ3) is 2.10. The van der Waals surface area contributed by atoms with Gasteiger partial charge in [0.1, 0.15) is 11.8 Å². The number of nitrogens with zero attached hydrogens (tertiary/aromatic N) is 4. The number of hydrogen-bond acceptors (Lipinski definition) is 6. The fourth-order valence-corrected chi connectivity index (χ4v) is 1.52. The second-order valence-electron chi connectivity index (χ2n) is 3.77. The van der Waals surface area contributed by atoms with E-state index in [4.69, 9.17) is 14.3 Å². The summed E-state index contributed by atoms with van der Waals surface area (Å²) >= 11 is 0. The van der Waals surface area contributed by atoms with Gasteiger partial charge in [0.25, 0.3) is 0 Å². The molecule has 0 spiro atoms. The number of hydrogen-bond donors (Lipinski definition) is 1. The van der Waals surface area contributed by atoms with Crippen LogP contribution in [0.4, 0.5) is 0 Å². The lowest BCUT2D eigenvalue weighted by Crippen LogP contribution is -1.94. The van der Waals surface area contributed by atoms with E-state index in [1.807, 2.05) is 0 Å². The first-order valence-electron chi connectivity index (χ1n) is 5.29. The van der Waals surface area contributed by atoms with E-state index in [-0.39, 0.29) is 17.7 Å². The van der Waals surface area contributed by atoms with Crippen LogP contribution in [0.2, 0.25) is 0 Å². The Morgan fingerprint density at radius 3 is 3.00 bits per heavy atom. The van der Waals surface area contributed by atoms with Gasteiger partial charge >= 0.3 is 18.1 Å². The number of benzene rings is 1. The number of carbonyl (C=O) groups is 1. The van der Waals surface area contributed by atoms with Crippen molar-refractivity contribution in [2.45, 2.75) is 0 Å². The Balaban J connectivity index is 1.95. The predicted molar refractivity (Wildman–Crippen MR) is 62.0 cm³/mol. The van der Waals surface area contributed by atoms with Crippen LogP contribution in [0.15, 0.2) is 28.9 Å². The quantitative estimate of drug-likeness (QED) is 0.759. The molecule has 0 aliphatic heterocycles. The zero-order valence-corrected chi connectivity index (χ0v) is 9.77. The summed E-state index contributed by atoms with van der Waals surface area (Å²) in [5, 5.41) is 12.8. The van der Waals surface area contributed by atoms with E-state index in [0.29, 0.717) is 11.1 Å². The molecule has 0 aliphatic carbocycles. The zero-order valence-electron chi connectivity index (χ0n) is 9.77. The maximum Gasteiger partial charge on any atom is 0.402 e. The van der Waals surface area contributed by atoms with Gasteiger partial charge in [-0.05, 0) is 18.2 Å². The van der Waals surface area contributed by atoms with Gasteiger partial charge in [0.2, 0.25) is 0 Å². The van der Waals surface area contributed by atoms with Crippen molar-refractivity contribution in [2.75, 3.05) is 0 Å². The van der Waals surface area contributed by atoms with Crippen molar-refractivity contribution < 1.29 is 19.1 Å². The van der Waals surface area contributed by atoms with Gasteiger partial charge in [-0.25, -0.2) is 4.79 Å². The average Bonchev–Trinajstić information content (AvgIpc) is 2.94. The molecule has 8 heteroatoms. The second-order valence-corrected chi connectivity index (χ2v) is 3.77. The van der Waals surface area contributed by atoms with E-state index in [1.54, 1.807) is 13.1 Å². The Hall–Kier alpha value is -2.90. The van der Waals surface area contributed by atoms with Crippen molar-refractivity contribution in [1.82, 2.24) is 19.7 Å². The zero-order chi connectivity index (χ0) is 13.4. The number of ether oxygens (including phenoxy) is 1. The van der Waals surface area contributed by atoms with Crippen LogP contribution in [-0.4, -0.2) is 30.8 Å². The molecule has 0 atom stereocenters. The summed E-state index contributed by atoms with van der Waals surface area (Å²) in [7, 11) is 1.70. The highest BCUT2D eigenvalue weighted by Crippen LogP contribution is 2.24. The summed E-state index contributed by atoms with van der Waals surface area (Å²) in [6.45, 7) is 0. The second kappa shape index (κ2) is 4.09. The van der Waals surface area contributed by atoms with E-state index in [2.05, 4.69) is 15.1 Å². The molecule has 96 valence electrons. The molecule has 0 amide bonds. The molecule has 0 saturated heterocycles. The minimum atomic E-state index is -1.04. The van der Waals surface area contributed by atoms with E-state index in [1.165, 1.54) is 23.1 Å². The number of rotatable bonds is 3. The number of carboxylic acids is 1. The summed E-state index contributed by atoms with van der Waals surface area (Å²) in [4.78, 5) is 18.7. The Kier molecular flexibility index (Phi) is 2.41. The van der Waals surface area contributed by atoms with Crippen LogP contribution in [0.25, 0.3) is 11.1 Å². The highest BCUT2D eigenvalue weighted by atomic mass is 16.6. The standard InChI is InChI=1S/C11H8N4O4/c1-15-5-12-10(14-15)19-11-13-7-3-2-6(9(16)17)4-8(7)18-11/h2-5H,1H3,(H,16,17). The Labute approximate surface area is 106 Å². The monoisotopic (exact) mass is 260 g/mol. The molecular formula is C11H8N4O4. The Morgan fingerprint density at radius 1 is 1.47 bits per heavy atom. The van der Waals surface area contributed by atoms with Gasteiger partial charge in [0.15, 0.2) is 5.58 Å². The van der Waals surface area contributed by atoms with Gasteiger partial charge < -0.3 is 14.3 Å². The molecule has 2 heterocycles. The minimum absolute atomic E-state index is 0.0382. The van der Waals surface area contributed by atoms with Crippen molar-refractivity contribution in [1.29, 1.82) is 0 Å². The number of carboxylic acid groups (broad SMARTS) is 1. The lowest BCUT2D eigenvalue weighted by atomic mass is 10.2. The van der Waals surface area contributed by atoms with E-state index >= 15 is 0 Å². The third-order valence-corrected chi connectivity index (χ3v) is 2.37. The Morgan fingerprint density at radius 2 is 2.32 bits per heavy atom. The van der Waals surface area contributed by atoms with Gasteiger partial charge in [-0.1, -0.05) is 0 Å². The summed E-state index contributed by atoms with van der Waals surface area (Å²) in [6.07, 6.45) is 1.43. The summed E-state index contributed by atoms with van der Waals surface area (Å²) in [5.41, 5.74) is 0.938. The molecule has 8 nitrogen and oxygen atoms in total. The average molecular weight is 260 g/mol. The molecule has 0 aliphatic rings.